The van der Waals surface area contributed by atoms with Gasteiger partial charge in [-0.1, -0.05) is 12.1 Å². The van der Waals surface area contributed by atoms with Crippen LogP contribution in [-0.4, -0.2) is 44.2 Å². The van der Waals surface area contributed by atoms with E-state index >= 15 is 0 Å². The summed E-state index contributed by atoms with van der Waals surface area (Å²) in [5.74, 6) is 0. The number of hydrogen-bond donors (Lipinski definition) is 1. The summed E-state index contributed by atoms with van der Waals surface area (Å²) in [5.41, 5.74) is 2.69. The molecule has 0 bridgehead atoms. The molecule has 3 heteroatoms. The van der Waals surface area contributed by atoms with Gasteiger partial charge in [0.05, 0.1) is 0 Å². The van der Waals surface area contributed by atoms with Crippen LogP contribution in [0.15, 0.2) is 24.3 Å². The van der Waals surface area contributed by atoms with E-state index in [0.29, 0.717) is 12.1 Å². The molecule has 0 amide bonds. The highest BCUT2D eigenvalue weighted by atomic mass is 15.3. The highest BCUT2D eigenvalue weighted by Gasteiger charge is 2.26. The lowest BCUT2D eigenvalue weighted by Gasteiger charge is -2.43. The Morgan fingerprint density at radius 2 is 1.67 bits per heavy atom. The van der Waals surface area contributed by atoms with Gasteiger partial charge in [0.25, 0.3) is 0 Å². The summed E-state index contributed by atoms with van der Waals surface area (Å²) in [6.07, 6.45) is 0. The molecule has 1 saturated heterocycles. The summed E-state index contributed by atoms with van der Waals surface area (Å²) in [7, 11) is 4.21. The van der Waals surface area contributed by atoms with Gasteiger partial charge in [0.2, 0.25) is 0 Å². The summed E-state index contributed by atoms with van der Waals surface area (Å²) in [4.78, 5) is 4.96. The number of nitrogens with one attached hydrogen (secondary N) is 1. The van der Waals surface area contributed by atoms with Crippen LogP contribution in [0, 0.1) is 0 Å². The van der Waals surface area contributed by atoms with Crippen molar-refractivity contribution in [3.8, 4) is 0 Å². The average Bonchev–Trinajstić information content (AvgIpc) is 2.37. The molecule has 1 fully saturated rings. The van der Waals surface area contributed by atoms with Crippen LogP contribution in [0.2, 0.25) is 0 Å². The molecule has 3 nitrogen and oxygen atoms in total. The van der Waals surface area contributed by atoms with E-state index in [1.165, 1.54) is 11.3 Å². The summed E-state index contributed by atoms with van der Waals surface area (Å²) in [6, 6.07) is 10.2. The zero-order valence-corrected chi connectivity index (χ0v) is 12.0. The number of nitrogens with zero attached hydrogens (tertiary/aromatic N) is 2. The van der Waals surface area contributed by atoms with Gasteiger partial charge in [-0.25, -0.2) is 0 Å². The van der Waals surface area contributed by atoms with E-state index in [-0.39, 0.29) is 0 Å². The highest BCUT2D eigenvalue weighted by molar-refractivity contribution is 5.48. The Morgan fingerprint density at radius 3 is 2.17 bits per heavy atom. The monoisotopic (exact) mass is 247 g/mol. The van der Waals surface area contributed by atoms with Crippen molar-refractivity contribution in [3.05, 3.63) is 29.8 Å². The van der Waals surface area contributed by atoms with Crippen LogP contribution in [0.25, 0.3) is 0 Å². The molecule has 0 aliphatic carbocycles. The van der Waals surface area contributed by atoms with Crippen LogP contribution in [0.5, 0.6) is 0 Å². The molecule has 0 aromatic heterocycles. The van der Waals surface area contributed by atoms with E-state index < -0.39 is 0 Å². The number of anilines is 1. The second-order valence-corrected chi connectivity index (χ2v) is 5.47. The quantitative estimate of drug-likeness (QED) is 0.880. The van der Waals surface area contributed by atoms with Gasteiger partial charge in [-0.2, -0.15) is 0 Å². The lowest BCUT2D eigenvalue weighted by atomic mass is 10.1. The Morgan fingerprint density at radius 1 is 1.11 bits per heavy atom. The largest absolute Gasteiger partial charge is 0.368 e. The van der Waals surface area contributed by atoms with Gasteiger partial charge in [0.15, 0.2) is 0 Å². The van der Waals surface area contributed by atoms with Crippen molar-refractivity contribution in [2.45, 2.75) is 32.5 Å². The molecule has 1 aliphatic heterocycles. The molecule has 1 N–H and O–H groups in total. The maximum Gasteiger partial charge on any atom is 0.0367 e. The number of piperazine rings is 1. The van der Waals surface area contributed by atoms with E-state index in [1.54, 1.807) is 0 Å². The molecule has 1 aromatic rings. The molecule has 2 atom stereocenters. The molecule has 0 radical (unpaired) electrons. The van der Waals surface area contributed by atoms with E-state index in [2.05, 4.69) is 60.3 Å². The van der Waals surface area contributed by atoms with E-state index in [9.17, 15) is 0 Å². The van der Waals surface area contributed by atoms with Gasteiger partial charge in [-0.05, 0) is 45.6 Å². The smallest absolute Gasteiger partial charge is 0.0367 e. The van der Waals surface area contributed by atoms with Gasteiger partial charge >= 0.3 is 0 Å². The van der Waals surface area contributed by atoms with Crippen LogP contribution in [0.1, 0.15) is 19.4 Å². The van der Waals surface area contributed by atoms with Gasteiger partial charge < -0.3 is 10.2 Å². The third kappa shape index (κ3) is 2.85. The predicted molar refractivity (Wildman–Crippen MR) is 78.1 cm³/mol. The third-order valence-corrected chi connectivity index (χ3v) is 4.04. The molecule has 0 saturated carbocycles. The zero-order chi connectivity index (χ0) is 13.1. The molecular formula is C15H25N3. The van der Waals surface area contributed by atoms with Crippen LogP contribution in [0.3, 0.4) is 0 Å². The van der Waals surface area contributed by atoms with Crippen molar-refractivity contribution >= 4 is 5.69 Å². The first-order chi connectivity index (χ1) is 8.61. The van der Waals surface area contributed by atoms with Gasteiger partial charge in [-0.15, -0.1) is 0 Å². The Hall–Kier alpha value is -1.06. The first kappa shape index (κ1) is 13.4. The highest BCUT2D eigenvalue weighted by Crippen LogP contribution is 2.21. The average molecular weight is 247 g/mol. The molecule has 0 spiro atoms. The standard InChI is InChI=1S/C15H25N3/c1-12-10-18(11-13(2)17(12)4)15-7-5-14(6-8-15)9-16-3/h5-8,12-13,16H,9-11H2,1-4H3. The summed E-state index contributed by atoms with van der Waals surface area (Å²) in [6.45, 7) is 7.78. The maximum absolute atomic E-state index is 3.18. The minimum Gasteiger partial charge on any atom is -0.368 e. The fraction of sp³-hybridized carbons (Fsp3) is 0.600. The van der Waals surface area contributed by atoms with Gasteiger partial charge in [0, 0.05) is 37.4 Å². The van der Waals surface area contributed by atoms with Crippen molar-refractivity contribution < 1.29 is 0 Å². The molecule has 18 heavy (non-hydrogen) atoms. The van der Waals surface area contributed by atoms with Crippen LogP contribution >= 0.6 is 0 Å². The molecule has 1 heterocycles. The van der Waals surface area contributed by atoms with Gasteiger partial charge in [-0.3, -0.25) is 4.90 Å². The second-order valence-electron chi connectivity index (χ2n) is 5.47. The summed E-state index contributed by atoms with van der Waals surface area (Å²) in [5, 5.41) is 3.18. The minimum atomic E-state index is 0.616. The molecular weight excluding hydrogens is 222 g/mol. The molecule has 2 rings (SSSR count). The second kappa shape index (κ2) is 5.72. The number of benzene rings is 1. The van der Waals surface area contributed by atoms with Gasteiger partial charge in [0.1, 0.15) is 0 Å². The van der Waals surface area contributed by atoms with Crippen LogP contribution < -0.4 is 10.2 Å². The third-order valence-electron chi connectivity index (χ3n) is 4.04. The van der Waals surface area contributed by atoms with Crippen molar-refractivity contribution in [2.75, 3.05) is 32.1 Å². The number of rotatable bonds is 3. The summed E-state index contributed by atoms with van der Waals surface area (Å²) < 4.78 is 0. The lowest BCUT2D eigenvalue weighted by molar-refractivity contribution is 0.170. The Kier molecular flexibility index (Phi) is 4.25. The molecule has 2 unspecified atom stereocenters. The van der Waals surface area contributed by atoms with E-state index in [0.717, 1.165) is 19.6 Å². The molecule has 1 aromatic carbocycles. The van der Waals surface area contributed by atoms with E-state index in [4.69, 9.17) is 0 Å². The maximum atomic E-state index is 3.18. The Bertz CT molecular complexity index is 362. The molecule has 100 valence electrons. The molecule has 1 aliphatic rings. The minimum absolute atomic E-state index is 0.616. The van der Waals surface area contributed by atoms with E-state index in [1.807, 2.05) is 7.05 Å². The number of hydrogen-bond acceptors (Lipinski definition) is 3. The van der Waals surface area contributed by atoms with Crippen LogP contribution in [-0.2, 0) is 6.54 Å². The van der Waals surface area contributed by atoms with Crippen molar-refractivity contribution in [3.63, 3.8) is 0 Å². The lowest BCUT2D eigenvalue weighted by Crippen LogP contribution is -2.55. The number of likely N-dealkylation sites (N-methyl/N-ethyl adjacent to an activating group) is 1. The normalized spacial score (nSPS) is 25.4. The SMILES string of the molecule is CNCc1ccc(N2CC(C)N(C)C(C)C2)cc1. The Labute approximate surface area is 111 Å². The van der Waals surface area contributed by atoms with Crippen molar-refractivity contribution in [1.29, 1.82) is 0 Å². The van der Waals surface area contributed by atoms with Crippen molar-refractivity contribution in [1.82, 2.24) is 10.2 Å². The fourth-order valence-electron chi connectivity index (χ4n) is 2.64. The van der Waals surface area contributed by atoms with Crippen LogP contribution in [0.4, 0.5) is 5.69 Å². The topological polar surface area (TPSA) is 18.5 Å². The Balaban J connectivity index is 2.07. The zero-order valence-electron chi connectivity index (χ0n) is 12.0. The first-order valence-corrected chi connectivity index (χ1v) is 6.82. The summed E-state index contributed by atoms with van der Waals surface area (Å²) >= 11 is 0. The first-order valence-electron chi connectivity index (χ1n) is 6.82. The fourth-order valence-corrected chi connectivity index (χ4v) is 2.64. The van der Waals surface area contributed by atoms with Crippen molar-refractivity contribution in [2.24, 2.45) is 0 Å². The predicted octanol–water partition coefficient (Wildman–Crippen LogP) is 1.93.